The third-order valence-corrected chi connectivity index (χ3v) is 12.5. The monoisotopic (exact) mass is 468 g/mol. The molecular weight excluding hydrogens is 424 g/mol. The molecule has 0 aromatic rings. The molecule has 0 radical (unpaired) electrons. The molecule has 5 aliphatic carbocycles. The lowest BCUT2D eigenvalue weighted by molar-refractivity contribution is -0.187. The summed E-state index contributed by atoms with van der Waals surface area (Å²) in [6, 6.07) is 0. The molecule has 0 saturated heterocycles. The summed E-state index contributed by atoms with van der Waals surface area (Å²) in [6.07, 6.45) is 10.5. The Kier molecular flexibility index (Phi) is 5.20. The molecule has 0 aromatic heterocycles. The Balaban J connectivity index is 1.60. The number of carbonyl (C=O) groups is 3. The highest BCUT2D eigenvalue weighted by atomic mass is 16.5. The number of hydrogen-bond acceptors (Lipinski definition) is 4. The first-order valence-corrected chi connectivity index (χ1v) is 13.6. The quantitative estimate of drug-likeness (QED) is 0.423. The molecule has 5 aliphatic rings. The van der Waals surface area contributed by atoms with Crippen LogP contribution in [-0.4, -0.2) is 24.6 Å². The lowest BCUT2D eigenvalue weighted by Crippen LogP contribution is -2.66. The molecule has 0 aromatic carbocycles. The van der Waals surface area contributed by atoms with E-state index in [9.17, 15) is 14.4 Å². The zero-order valence-corrected chi connectivity index (χ0v) is 22.4. The number of hydrogen-bond donors (Lipinski definition) is 0. The fourth-order valence-electron chi connectivity index (χ4n) is 10.2. The van der Waals surface area contributed by atoms with Crippen LogP contribution in [0.5, 0.6) is 0 Å². The molecule has 0 spiro atoms. The Morgan fingerprint density at radius 1 is 0.941 bits per heavy atom. The number of ketones is 2. The van der Waals surface area contributed by atoms with Crippen LogP contribution in [0.25, 0.3) is 0 Å². The predicted molar refractivity (Wildman–Crippen MR) is 132 cm³/mol. The first-order valence-electron chi connectivity index (χ1n) is 13.6. The lowest BCUT2D eigenvalue weighted by Gasteiger charge is -2.69. The van der Waals surface area contributed by atoms with E-state index in [1.807, 2.05) is 6.08 Å². The van der Waals surface area contributed by atoms with Gasteiger partial charge in [0, 0.05) is 17.8 Å². The van der Waals surface area contributed by atoms with Gasteiger partial charge in [0.1, 0.15) is 5.78 Å². The molecule has 4 nitrogen and oxygen atoms in total. The molecule has 0 aliphatic heterocycles. The second kappa shape index (κ2) is 7.29. The van der Waals surface area contributed by atoms with Gasteiger partial charge in [0.05, 0.1) is 13.0 Å². The predicted octanol–water partition coefficient (Wildman–Crippen LogP) is 6.32. The van der Waals surface area contributed by atoms with E-state index in [4.69, 9.17) is 4.74 Å². The van der Waals surface area contributed by atoms with E-state index in [0.29, 0.717) is 12.2 Å². The summed E-state index contributed by atoms with van der Waals surface area (Å²) in [6.45, 7) is 13.8. The Labute approximate surface area is 205 Å². The molecule has 0 amide bonds. The highest BCUT2D eigenvalue weighted by Gasteiger charge is 2.69. The lowest BCUT2D eigenvalue weighted by atomic mass is 9.34. The van der Waals surface area contributed by atoms with E-state index in [1.165, 1.54) is 12.7 Å². The molecule has 188 valence electrons. The minimum absolute atomic E-state index is 0.0378. The number of fused-ring (bicyclic) bond motifs is 7. The first-order chi connectivity index (χ1) is 15.7. The molecular formula is C30H44O4. The van der Waals surface area contributed by atoms with Crippen molar-refractivity contribution in [1.82, 2.24) is 0 Å². The molecule has 0 bridgehead atoms. The van der Waals surface area contributed by atoms with Gasteiger partial charge >= 0.3 is 5.97 Å². The van der Waals surface area contributed by atoms with Crippen molar-refractivity contribution in [3.8, 4) is 0 Å². The van der Waals surface area contributed by atoms with Gasteiger partial charge in [-0.25, -0.2) is 0 Å². The average Bonchev–Trinajstić information content (AvgIpc) is 2.77. The van der Waals surface area contributed by atoms with Gasteiger partial charge < -0.3 is 4.74 Å². The van der Waals surface area contributed by atoms with Crippen molar-refractivity contribution in [1.29, 1.82) is 0 Å². The van der Waals surface area contributed by atoms with Crippen LogP contribution in [0.2, 0.25) is 0 Å². The fraction of sp³-hybridized carbons (Fsp3) is 0.833. The Morgan fingerprint density at radius 2 is 1.65 bits per heavy atom. The largest absolute Gasteiger partial charge is 0.469 e. The number of allylic oxidation sites excluding steroid dienone is 2. The number of Topliss-reactive ketones (excluding diaryl/α,β-unsaturated/α-hetero) is 1. The van der Waals surface area contributed by atoms with Crippen LogP contribution in [-0.2, 0) is 19.1 Å². The standard InChI is InChI=1S/C30H44O4/c1-26(2)22-9-13-30(6)24(28(22,4)12-10-23(26)32)21(31)17-20-19-16-18(25(33)34-7)8-11-27(19,3)14-15-29(20,30)5/h17-19,22,24H,8-16H2,1-7H3/t18?,19?,22?,24?,27?,28?,29-,30?/m1/s1. The molecule has 34 heavy (non-hydrogen) atoms. The molecule has 0 N–H and O–H groups in total. The number of rotatable bonds is 1. The summed E-state index contributed by atoms with van der Waals surface area (Å²) >= 11 is 0. The van der Waals surface area contributed by atoms with Crippen molar-refractivity contribution >= 4 is 17.5 Å². The van der Waals surface area contributed by atoms with Crippen LogP contribution in [0, 0.1) is 50.7 Å². The van der Waals surface area contributed by atoms with E-state index in [1.54, 1.807) is 0 Å². The zero-order valence-electron chi connectivity index (χ0n) is 22.4. The maximum Gasteiger partial charge on any atom is 0.308 e. The number of methoxy groups -OCH3 is 1. The molecule has 4 heteroatoms. The van der Waals surface area contributed by atoms with Crippen molar-refractivity contribution in [3.63, 3.8) is 0 Å². The van der Waals surface area contributed by atoms with Crippen LogP contribution in [0.1, 0.15) is 99.3 Å². The molecule has 4 saturated carbocycles. The van der Waals surface area contributed by atoms with Crippen molar-refractivity contribution in [2.75, 3.05) is 7.11 Å². The van der Waals surface area contributed by atoms with Gasteiger partial charge in [-0.3, -0.25) is 14.4 Å². The third-order valence-electron chi connectivity index (χ3n) is 12.5. The average molecular weight is 469 g/mol. The number of esters is 1. The Morgan fingerprint density at radius 3 is 2.32 bits per heavy atom. The van der Waals surface area contributed by atoms with Crippen molar-refractivity contribution in [2.45, 2.75) is 99.3 Å². The summed E-state index contributed by atoms with van der Waals surface area (Å²) in [7, 11) is 1.49. The summed E-state index contributed by atoms with van der Waals surface area (Å²) in [5, 5.41) is 0. The minimum Gasteiger partial charge on any atom is -0.469 e. The Bertz CT molecular complexity index is 976. The third kappa shape index (κ3) is 2.86. The van der Waals surface area contributed by atoms with Gasteiger partial charge in [0.25, 0.3) is 0 Å². The summed E-state index contributed by atoms with van der Waals surface area (Å²) in [5.41, 5.74) is 0.810. The SMILES string of the molecule is COC(=O)C1CCC2(C)CC[C@]3(C)C(=CC(=O)C4C5(C)CCC(=O)C(C)(C)C5CCC43C)C2C1. The van der Waals surface area contributed by atoms with Crippen LogP contribution < -0.4 is 0 Å². The fourth-order valence-corrected chi connectivity index (χ4v) is 10.2. The summed E-state index contributed by atoms with van der Waals surface area (Å²) < 4.78 is 5.14. The first kappa shape index (κ1) is 24.3. The van der Waals surface area contributed by atoms with Crippen LogP contribution in [0.3, 0.4) is 0 Å². The topological polar surface area (TPSA) is 60.4 Å². The van der Waals surface area contributed by atoms with Gasteiger partial charge in [-0.2, -0.15) is 0 Å². The maximum absolute atomic E-state index is 14.2. The van der Waals surface area contributed by atoms with Crippen LogP contribution >= 0.6 is 0 Å². The smallest absolute Gasteiger partial charge is 0.308 e. The van der Waals surface area contributed by atoms with E-state index >= 15 is 0 Å². The van der Waals surface area contributed by atoms with Crippen molar-refractivity contribution in [2.24, 2.45) is 50.7 Å². The van der Waals surface area contributed by atoms with E-state index in [-0.39, 0.29) is 62.5 Å². The van der Waals surface area contributed by atoms with Gasteiger partial charge in [-0.05, 0) is 90.9 Å². The maximum atomic E-state index is 14.2. The van der Waals surface area contributed by atoms with Gasteiger partial charge in [0.15, 0.2) is 5.78 Å². The number of ether oxygens (including phenoxy) is 1. The second-order valence-electron chi connectivity index (χ2n) is 14.1. The van der Waals surface area contributed by atoms with E-state index in [0.717, 1.165) is 51.4 Å². The van der Waals surface area contributed by atoms with Gasteiger partial charge in [-0.15, -0.1) is 0 Å². The normalized spacial score (nSPS) is 49.7. The molecule has 0 heterocycles. The minimum atomic E-state index is -0.359. The van der Waals surface area contributed by atoms with Crippen molar-refractivity contribution in [3.05, 3.63) is 11.6 Å². The summed E-state index contributed by atoms with van der Waals surface area (Å²) in [5.74, 6) is 0.984. The van der Waals surface area contributed by atoms with E-state index in [2.05, 4.69) is 41.5 Å². The molecule has 7 unspecified atom stereocenters. The number of carbonyl (C=O) groups excluding carboxylic acids is 3. The van der Waals surface area contributed by atoms with Crippen LogP contribution in [0.15, 0.2) is 11.6 Å². The van der Waals surface area contributed by atoms with Gasteiger partial charge in [0.2, 0.25) is 0 Å². The molecule has 4 fully saturated rings. The zero-order chi connectivity index (χ0) is 24.9. The highest BCUT2D eigenvalue weighted by Crippen LogP contribution is 2.74. The van der Waals surface area contributed by atoms with Gasteiger partial charge in [-0.1, -0.05) is 47.1 Å². The van der Waals surface area contributed by atoms with E-state index < -0.39 is 0 Å². The molecule has 8 atom stereocenters. The van der Waals surface area contributed by atoms with Crippen LogP contribution in [0.4, 0.5) is 0 Å². The molecule has 5 rings (SSSR count). The summed E-state index contributed by atoms with van der Waals surface area (Å²) in [4.78, 5) is 39.6. The van der Waals surface area contributed by atoms with Crippen molar-refractivity contribution < 1.29 is 19.1 Å². The second-order valence-corrected chi connectivity index (χ2v) is 14.1. The Hall–Kier alpha value is -1.45. The highest BCUT2D eigenvalue weighted by molar-refractivity contribution is 5.96.